The molecule has 2 aromatic carbocycles. The maximum absolute atomic E-state index is 13.7. The number of amides is 2. The highest BCUT2D eigenvalue weighted by atomic mass is 16.5. The van der Waals surface area contributed by atoms with Crippen LogP contribution < -0.4 is 4.74 Å². The molecular weight excluding hydrogens is 434 g/mol. The molecule has 3 aromatic rings. The van der Waals surface area contributed by atoms with Gasteiger partial charge in [0.05, 0.1) is 13.5 Å². The summed E-state index contributed by atoms with van der Waals surface area (Å²) in [5, 5.41) is 10.7. The van der Waals surface area contributed by atoms with Crippen molar-refractivity contribution in [1.82, 2.24) is 14.8 Å². The number of hydrogen-bond donors (Lipinski definition) is 2. The fourth-order valence-electron chi connectivity index (χ4n) is 4.83. The summed E-state index contributed by atoms with van der Waals surface area (Å²) in [6, 6.07) is 14.5. The first kappa shape index (κ1) is 23.4. The molecule has 0 bridgehead atoms. The molecule has 178 valence electrons. The van der Waals surface area contributed by atoms with Crippen LogP contribution in [0.2, 0.25) is 0 Å². The lowest BCUT2D eigenvalue weighted by atomic mass is 9.85. The van der Waals surface area contributed by atoms with Crippen LogP contribution in [0, 0.1) is 0 Å². The third-order valence-electron chi connectivity index (χ3n) is 6.72. The number of nitrogens with zero attached hydrogens (tertiary/aromatic N) is 2. The Morgan fingerprint density at radius 1 is 1.15 bits per heavy atom. The van der Waals surface area contributed by atoms with Gasteiger partial charge in [0.1, 0.15) is 11.3 Å². The third kappa shape index (κ3) is 4.23. The summed E-state index contributed by atoms with van der Waals surface area (Å²) in [5.74, 6) is -0.970. The smallest absolute Gasteiger partial charge is 0.306 e. The quantitative estimate of drug-likeness (QED) is 0.533. The number of nitrogens with one attached hydrogen (secondary N) is 1. The van der Waals surface area contributed by atoms with E-state index in [1.807, 2.05) is 30.5 Å². The normalized spacial score (nSPS) is 18.4. The molecule has 2 heterocycles. The van der Waals surface area contributed by atoms with Gasteiger partial charge in [0.15, 0.2) is 0 Å². The minimum absolute atomic E-state index is 0.222. The third-order valence-corrected chi connectivity index (χ3v) is 6.72. The van der Waals surface area contributed by atoms with Crippen molar-refractivity contribution in [3.63, 3.8) is 0 Å². The van der Waals surface area contributed by atoms with Crippen LogP contribution in [0.15, 0.2) is 54.7 Å². The first-order chi connectivity index (χ1) is 16.4. The first-order valence-electron chi connectivity index (χ1n) is 11.4. The first-order valence-corrected chi connectivity index (χ1v) is 11.4. The fourth-order valence-corrected chi connectivity index (χ4v) is 4.83. The summed E-state index contributed by atoms with van der Waals surface area (Å²) in [7, 11) is 1.62. The molecule has 0 spiro atoms. The maximum Gasteiger partial charge on any atom is 0.306 e. The number of benzene rings is 2. The molecule has 1 saturated heterocycles. The number of aromatic amines is 1. The summed E-state index contributed by atoms with van der Waals surface area (Å²) in [6.45, 7) is 2.84. The summed E-state index contributed by atoms with van der Waals surface area (Å²) in [5.41, 5.74) is 1.05. The van der Waals surface area contributed by atoms with E-state index in [2.05, 4.69) is 4.98 Å². The average Bonchev–Trinajstić information content (AvgIpc) is 3.26. The highest BCUT2D eigenvalue weighted by molar-refractivity contribution is 6.01. The zero-order chi connectivity index (χ0) is 24.3. The van der Waals surface area contributed by atoms with E-state index in [1.165, 1.54) is 4.90 Å². The molecule has 0 saturated carbocycles. The number of H-pyrrole nitrogens is 1. The molecule has 1 aromatic heterocycles. The number of aliphatic carboxylic acids is 1. The van der Waals surface area contributed by atoms with E-state index in [-0.39, 0.29) is 24.8 Å². The Kier molecular flexibility index (Phi) is 6.58. The zero-order valence-electron chi connectivity index (χ0n) is 19.4. The summed E-state index contributed by atoms with van der Waals surface area (Å²) in [4.78, 5) is 45.2. The van der Waals surface area contributed by atoms with Crippen LogP contribution in [0.25, 0.3) is 10.9 Å². The SMILES string of the molecule is CCC1(CC(=O)O)C(=O)N(CCc2c[nH]c3cc(OC)ccc23)CCN1C(=O)c1ccccc1. The van der Waals surface area contributed by atoms with Crippen LogP contribution in [0.1, 0.15) is 35.7 Å². The Morgan fingerprint density at radius 3 is 2.59 bits per heavy atom. The molecule has 1 atom stereocenters. The van der Waals surface area contributed by atoms with Crippen LogP contribution in [0.4, 0.5) is 0 Å². The van der Waals surface area contributed by atoms with Crippen molar-refractivity contribution < 1.29 is 24.2 Å². The molecule has 1 unspecified atom stereocenters. The van der Waals surface area contributed by atoms with Gasteiger partial charge in [-0.05, 0) is 42.7 Å². The second kappa shape index (κ2) is 9.59. The number of carboxylic acid groups (broad SMARTS) is 1. The van der Waals surface area contributed by atoms with Crippen LogP contribution >= 0.6 is 0 Å². The van der Waals surface area contributed by atoms with Gasteiger partial charge in [-0.1, -0.05) is 25.1 Å². The average molecular weight is 464 g/mol. The molecule has 0 radical (unpaired) electrons. The Bertz CT molecular complexity index is 1210. The Balaban J connectivity index is 1.57. The lowest BCUT2D eigenvalue weighted by molar-refractivity contribution is -0.156. The molecule has 2 N–H and O–H groups in total. The predicted octanol–water partition coefficient (Wildman–Crippen LogP) is 3.33. The van der Waals surface area contributed by atoms with Crippen LogP contribution in [-0.4, -0.2) is 70.0 Å². The molecule has 1 aliphatic rings. The van der Waals surface area contributed by atoms with E-state index >= 15 is 0 Å². The van der Waals surface area contributed by atoms with Crippen molar-refractivity contribution in [3.05, 3.63) is 65.9 Å². The molecule has 8 nitrogen and oxygen atoms in total. The zero-order valence-corrected chi connectivity index (χ0v) is 19.4. The number of carbonyl (C=O) groups is 3. The summed E-state index contributed by atoms with van der Waals surface area (Å²) < 4.78 is 5.28. The molecule has 1 aliphatic heterocycles. The standard InChI is InChI=1S/C26H29N3O5/c1-3-26(16-23(30)31)25(33)28(13-14-29(26)24(32)18-7-5-4-6-8-18)12-11-19-17-27-22-15-20(34-2)9-10-21(19)22/h4-10,15,17,27H,3,11-14,16H2,1-2H3,(H,30,31). The largest absolute Gasteiger partial charge is 0.497 e. The van der Waals surface area contributed by atoms with Crippen molar-refractivity contribution in [3.8, 4) is 5.75 Å². The number of carbonyl (C=O) groups excluding carboxylic acids is 2. The second-order valence-corrected chi connectivity index (χ2v) is 8.55. The number of rotatable bonds is 8. The van der Waals surface area contributed by atoms with E-state index in [0.29, 0.717) is 25.1 Å². The molecule has 2 amide bonds. The van der Waals surface area contributed by atoms with Gasteiger partial charge < -0.3 is 24.6 Å². The topological polar surface area (TPSA) is 103 Å². The molecule has 1 fully saturated rings. The van der Waals surface area contributed by atoms with Gasteiger partial charge in [0.2, 0.25) is 5.91 Å². The van der Waals surface area contributed by atoms with Gasteiger partial charge >= 0.3 is 5.97 Å². The monoisotopic (exact) mass is 463 g/mol. The van der Waals surface area contributed by atoms with Crippen molar-refractivity contribution >= 4 is 28.7 Å². The second-order valence-electron chi connectivity index (χ2n) is 8.55. The molecule has 8 heteroatoms. The highest BCUT2D eigenvalue weighted by Crippen LogP contribution is 2.32. The number of ether oxygens (including phenoxy) is 1. The summed E-state index contributed by atoms with van der Waals surface area (Å²) in [6.07, 6.45) is 2.33. The van der Waals surface area contributed by atoms with E-state index in [0.717, 1.165) is 22.2 Å². The van der Waals surface area contributed by atoms with Crippen molar-refractivity contribution in [2.24, 2.45) is 0 Å². The van der Waals surface area contributed by atoms with Gasteiger partial charge in [-0.3, -0.25) is 14.4 Å². The van der Waals surface area contributed by atoms with Gasteiger partial charge in [-0.2, -0.15) is 0 Å². The number of carboxylic acids is 1. The Hall–Kier alpha value is -3.81. The number of piperazine rings is 1. The van der Waals surface area contributed by atoms with Gasteiger partial charge in [0, 0.05) is 48.4 Å². The molecule has 4 rings (SSSR count). The summed E-state index contributed by atoms with van der Waals surface area (Å²) >= 11 is 0. The lowest BCUT2D eigenvalue weighted by Gasteiger charge is -2.48. The number of fused-ring (bicyclic) bond motifs is 1. The van der Waals surface area contributed by atoms with E-state index in [4.69, 9.17) is 4.74 Å². The number of hydrogen-bond acceptors (Lipinski definition) is 4. The van der Waals surface area contributed by atoms with Gasteiger partial charge in [0.25, 0.3) is 5.91 Å². The predicted molar refractivity (Wildman–Crippen MR) is 128 cm³/mol. The number of methoxy groups -OCH3 is 1. The molecule has 0 aliphatic carbocycles. The number of aromatic nitrogens is 1. The van der Waals surface area contributed by atoms with E-state index in [9.17, 15) is 19.5 Å². The van der Waals surface area contributed by atoms with Crippen molar-refractivity contribution in [2.45, 2.75) is 31.7 Å². The van der Waals surface area contributed by atoms with Crippen LogP contribution in [-0.2, 0) is 16.0 Å². The van der Waals surface area contributed by atoms with Gasteiger partial charge in [-0.25, -0.2) is 0 Å². The van der Waals surface area contributed by atoms with Crippen LogP contribution in [0.3, 0.4) is 0 Å². The lowest BCUT2D eigenvalue weighted by Crippen LogP contribution is -2.67. The van der Waals surface area contributed by atoms with E-state index < -0.39 is 17.9 Å². The minimum Gasteiger partial charge on any atom is -0.497 e. The van der Waals surface area contributed by atoms with Gasteiger partial charge in [-0.15, -0.1) is 0 Å². The minimum atomic E-state index is -1.41. The van der Waals surface area contributed by atoms with Crippen molar-refractivity contribution in [2.75, 3.05) is 26.7 Å². The van der Waals surface area contributed by atoms with E-state index in [1.54, 1.807) is 43.2 Å². The highest BCUT2D eigenvalue weighted by Gasteiger charge is 2.51. The Morgan fingerprint density at radius 2 is 1.91 bits per heavy atom. The molecule has 34 heavy (non-hydrogen) atoms. The molecular formula is C26H29N3O5. The maximum atomic E-state index is 13.7. The fraction of sp³-hybridized carbons (Fsp3) is 0.346. The van der Waals surface area contributed by atoms with Crippen LogP contribution in [0.5, 0.6) is 5.75 Å². The Labute approximate surface area is 198 Å². The van der Waals surface area contributed by atoms with Crippen molar-refractivity contribution in [1.29, 1.82) is 0 Å².